The molecular formula is C21H17NO6. The molecule has 0 amide bonds. The Morgan fingerprint density at radius 1 is 0.857 bits per heavy atom. The number of nitrogens with one attached hydrogen (secondary N) is 1. The van der Waals surface area contributed by atoms with Gasteiger partial charge in [-0.05, 0) is 30.3 Å². The molecule has 0 bridgehead atoms. The van der Waals surface area contributed by atoms with Crippen LogP contribution in [0.4, 0.5) is 0 Å². The molecule has 0 aliphatic heterocycles. The summed E-state index contributed by atoms with van der Waals surface area (Å²) in [5.74, 6) is 1.65. The smallest absolute Gasteiger partial charge is 0.258 e. The molecule has 0 unspecified atom stereocenters. The Bertz CT molecular complexity index is 1320. The first-order valence-electron chi connectivity index (χ1n) is 8.46. The number of pyridine rings is 1. The van der Waals surface area contributed by atoms with Gasteiger partial charge in [0.1, 0.15) is 23.0 Å². The van der Waals surface area contributed by atoms with Crippen molar-refractivity contribution >= 4 is 21.7 Å². The summed E-state index contributed by atoms with van der Waals surface area (Å²) in [6.07, 6.45) is 1.51. The summed E-state index contributed by atoms with van der Waals surface area (Å²) in [5.41, 5.74) is -0.110. The van der Waals surface area contributed by atoms with Crippen molar-refractivity contribution in [3.63, 3.8) is 0 Å². The molecule has 2 heterocycles. The predicted octanol–water partition coefficient (Wildman–Crippen LogP) is 3.33. The van der Waals surface area contributed by atoms with Gasteiger partial charge in [-0.2, -0.15) is 0 Å². The Morgan fingerprint density at radius 2 is 1.54 bits per heavy atom. The molecule has 4 rings (SSSR count). The van der Waals surface area contributed by atoms with E-state index in [1.54, 1.807) is 37.4 Å². The lowest BCUT2D eigenvalue weighted by Crippen LogP contribution is -2.09. The van der Waals surface area contributed by atoms with Crippen molar-refractivity contribution in [3.05, 3.63) is 63.2 Å². The molecule has 142 valence electrons. The van der Waals surface area contributed by atoms with Gasteiger partial charge < -0.3 is 23.6 Å². The fourth-order valence-electron chi connectivity index (χ4n) is 3.31. The van der Waals surface area contributed by atoms with E-state index in [2.05, 4.69) is 4.98 Å². The lowest BCUT2D eigenvalue weighted by Gasteiger charge is -2.15. The molecule has 0 aliphatic carbocycles. The van der Waals surface area contributed by atoms with Crippen LogP contribution in [0.3, 0.4) is 0 Å². The molecule has 0 radical (unpaired) electrons. The zero-order valence-electron chi connectivity index (χ0n) is 15.5. The van der Waals surface area contributed by atoms with Crippen LogP contribution in [0.2, 0.25) is 0 Å². The number of fused-ring (bicyclic) bond motifs is 3. The van der Waals surface area contributed by atoms with Crippen LogP contribution in [0.15, 0.2) is 56.6 Å². The summed E-state index contributed by atoms with van der Waals surface area (Å²) in [7, 11) is 4.58. The third-order valence-corrected chi connectivity index (χ3v) is 4.61. The molecule has 7 heteroatoms. The van der Waals surface area contributed by atoms with Crippen LogP contribution in [-0.2, 0) is 0 Å². The van der Waals surface area contributed by atoms with Crippen LogP contribution in [0.5, 0.6) is 17.2 Å². The molecule has 0 saturated carbocycles. The highest BCUT2D eigenvalue weighted by molar-refractivity contribution is 6.13. The molecule has 0 saturated heterocycles. The second kappa shape index (κ2) is 6.77. The highest BCUT2D eigenvalue weighted by atomic mass is 16.5. The fourth-order valence-corrected chi connectivity index (χ4v) is 3.31. The Kier molecular flexibility index (Phi) is 4.27. The topological polar surface area (TPSA) is 90.8 Å². The predicted molar refractivity (Wildman–Crippen MR) is 106 cm³/mol. The highest BCUT2D eigenvalue weighted by Crippen LogP contribution is 2.43. The number of methoxy groups -OCH3 is 3. The van der Waals surface area contributed by atoms with E-state index < -0.39 is 0 Å². The average molecular weight is 379 g/mol. The van der Waals surface area contributed by atoms with Crippen molar-refractivity contribution in [1.82, 2.24) is 4.98 Å². The van der Waals surface area contributed by atoms with Gasteiger partial charge >= 0.3 is 0 Å². The first kappa shape index (κ1) is 17.7. The van der Waals surface area contributed by atoms with E-state index in [0.717, 1.165) is 0 Å². The second-order valence-electron chi connectivity index (χ2n) is 6.06. The molecule has 0 fully saturated rings. The summed E-state index contributed by atoms with van der Waals surface area (Å²) in [4.78, 5) is 27.6. The number of aromatic nitrogens is 1. The molecule has 2 aromatic carbocycles. The Morgan fingerprint density at radius 3 is 2.18 bits per heavy atom. The number of ether oxygens (including phenoxy) is 3. The van der Waals surface area contributed by atoms with Crippen LogP contribution in [0.1, 0.15) is 0 Å². The molecule has 1 N–H and O–H groups in total. The summed E-state index contributed by atoms with van der Waals surface area (Å²) in [6, 6.07) is 9.62. The number of hydrogen-bond donors (Lipinski definition) is 1. The standard InChI is InChI=1S/C21H17NO6/c1-25-14-6-7-15(26-2)19-18(14)17(27-3)9-12-13(23)10-16(28-20(12)19)11-5-4-8-22-21(11)24/h4-10H,1-3H3,(H,22,24). The Hall–Kier alpha value is -3.74. The normalized spacial score (nSPS) is 11.0. The van der Waals surface area contributed by atoms with Gasteiger partial charge in [0, 0.05) is 12.3 Å². The SMILES string of the molecule is COc1ccc(OC)c2c1c(OC)cc1c(=O)cc(-c3ccc[nH]c3=O)oc12. The van der Waals surface area contributed by atoms with Crippen molar-refractivity contribution in [2.45, 2.75) is 0 Å². The third-order valence-electron chi connectivity index (χ3n) is 4.61. The van der Waals surface area contributed by atoms with E-state index in [1.165, 1.54) is 26.5 Å². The van der Waals surface area contributed by atoms with Crippen LogP contribution < -0.4 is 25.2 Å². The largest absolute Gasteiger partial charge is 0.496 e. The minimum atomic E-state index is -0.354. The van der Waals surface area contributed by atoms with Crippen molar-refractivity contribution < 1.29 is 18.6 Å². The lowest BCUT2D eigenvalue weighted by molar-refractivity contribution is 0.400. The van der Waals surface area contributed by atoms with Gasteiger partial charge in [0.25, 0.3) is 5.56 Å². The lowest BCUT2D eigenvalue weighted by atomic mass is 10.0. The Balaban J connectivity index is 2.23. The fraction of sp³-hybridized carbons (Fsp3) is 0.143. The van der Waals surface area contributed by atoms with E-state index in [1.807, 2.05) is 0 Å². The minimum Gasteiger partial charge on any atom is -0.496 e. The minimum absolute atomic E-state index is 0.163. The zero-order chi connectivity index (χ0) is 19.8. The van der Waals surface area contributed by atoms with Crippen LogP contribution >= 0.6 is 0 Å². The molecule has 2 aromatic heterocycles. The second-order valence-corrected chi connectivity index (χ2v) is 6.06. The summed E-state index contributed by atoms with van der Waals surface area (Å²) < 4.78 is 22.5. The quantitative estimate of drug-likeness (QED) is 0.547. The zero-order valence-corrected chi connectivity index (χ0v) is 15.5. The van der Waals surface area contributed by atoms with Gasteiger partial charge in [0.15, 0.2) is 11.0 Å². The summed E-state index contributed by atoms with van der Waals surface area (Å²) in [6.45, 7) is 0. The molecule has 0 atom stereocenters. The van der Waals surface area contributed by atoms with Gasteiger partial charge in [0.2, 0.25) is 0 Å². The molecule has 0 spiro atoms. The monoisotopic (exact) mass is 379 g/mol. The van der Waals surface area contributed by atoms with Gasteiger partial charge in [0.05, 0.1) is 43.1 Å². The molecule has 28 heavy (non-hydrogen) atoms. The van der Waals surface area contributed by atoms with Crippen LogP contribution in [-0.4, -0.2) is 26.3 Å². The molecule has 4 aromatic rings. The van der Waals surface area contributed by atoms with E-state index in [9.17, 15) is 9.59 Å². The van der Waals surface area contributed by atoms with Crippen LogP contribution in [0.25, 0.3) is 33.1 Å². The maximum Gasteiger partial charge on any atom is 0.258 e. The number of rotatable bonds is 4. The van der Waals surface area contributed by atoms with Gasteiger partial charge in [-0.25, -0.2) is 0 Å². The Labute approximate surface area is 159 Å². The number of aromatic amines is 1. The first-order chi connectivity index (χ1) is 13.6. The van der Waals surface area contributed by atoms with Gasteiger partial charge in [-0.1, -0.05) is 0 Å². The number of hydrogen-bond acceptors (Lipinski definition) is 6. The number of benzene rings is 2. The maximum atomic E-state index is 12.9. The van der Waals surface area contributed by atoms with Crippen LogP contribution in [0, 0.1) is 0 Å². The van der Waals surface area contributed by atoms with E-state index in [0.29, 0.717) is 33.4 Å². The van der Waals surface area contributed by atoms with E-state index >= 15 is 0 Å². The van der Waals surface area contributed by atoms with Gasteiger partial charge in [-0.15, -0.1) is 0 Å². The molecule has 0 aliphatic rings. The number of H-pyrrole nitrogens is 1. The van der Waals surface area contributed by atoms with Crippen molar-refractivity contribution in [2.24, 2.45) is 0 Å². The average Bonchev–Trinajstić information content (AvgIpc) is 2.72. The van der Waals surface area contributed by atoms with E-state index in [-0.39, 0.29) is 27.9 Å². The van der Waals surface area contributed by atoms with Gasteiger partial charge in [-0.3, -0.25) is 9.59 Å². The third kappa shape index (κ3) is 2.60. The maximum absolute atomic E-state index is 12.9. The molecular weight excluding hydrogens is 362 g/mol. The van der Waals surface area contributed by atoms with Crippen molar-refractivity contribution in [2.75, 3.05) is 21.3 Å². The summed E-state index contributed by atoms with van der Waals surface area (Å²) in [5, 5.41) is 1.45. The summed E-state index contributed by atoms with van der Waals surface area (Å²) >= 11 is 0. The van der Waals surface area contributed by atoms with Crippen molar-refractivity contribution in [3.8, 4) is 28.6 Å². The molecule has 7 nitrogen and oxygen atoms in total. The van der Waals surface area contributed by atoms with Crippen molar-refractivity contribution in [1.29, 1.82) is 0 Å². The highest BCUT2D eigenvalue weighted by Gasteiger charge is 2.20. The first-order valence-corrected chi connectivity index (χ1v) is 8.46. The van der Waals surface area contributed by atoms with E-state index in [4.69, 9.17) is 18.6 Å².